The number of aromatic nitrogens is 3. The molecule has 0 amide bonds. The molecular weight excluding hydrogens is 230 g/mol. The van der Waals surface area contributed by atoms with Gasteiger partial charge in [-0.1, -0.05) is 13.8 Å². The second-order valence-corrected chi connectivity index (χ2v) is 5.47. The molecule has 0 aliphatic carbocycles. The van der Waals surface area contributed by atoms with E-state index in [1.165, 1.54) is 6.33 Å². The van der Waals surface area contributed by atoms with Crippen LogP contribution in [0.4, 0.5) is 0 Å². The van der Waals surface area contributed by atoms with Crippen LogP contribution in [-0.2, 0) is 22.5 Å². The standard InChI is InChI=1S/C13H21N3O2/c1-9(2)6-16-13(14-8-15-16)5-12(17)11-4-10(3)18-7-11/h8-11H,4-7H2,1-3H3. The molecule has 1 aliphatic rings. The number of carbonyl (C=O) groups is 1. The molecule has 1 aliphatic heterocycles. The first-order valence-corrected chi connectivity index (χ1v) is 6.57. The number of ketones is 1. The highest BCUT2D eigenvalue weighted by Crippen LogP contribution is 2.21. The summed E-state index contributed by atoms with van der Waals surface area (Å²) in [5.41, 5.74) is 0. The van der Waals surface area contributed by atoms with E-state index in [0.717, 1.165) is 18.8 Å². The summed E-state index contributed by atoms with van der Waals surface area (Å²) in [7, 11) is 0. The monoisotopic (exact) mass is 251 g/mol. The third-order valence-electron chi connectivity index (χ3n) is 3.22. The third kappa shape index (κ3) is 3.16. The molecule has 2 heterocycles. The molecule has 2 atom stereocenters. The van der Waals surface area contributed by atoms with Crippen LogP contribution in [0.3, 0.4) is 0 Å². The van der Waals surface area contributed by atoms with E-state index in [1.807, 2.05) is 11.6 Å². The Morgan fingerprint density at radius 2 is 2.39 bits per heavy atom. The van der Waals surface area contributed by atoms with E-state index in [0.29, 0.717) is 18.9 Å². The molecule has 1 aromatic heterocycles. The number of Topliss-reactive ketones (excluding diaryl/α,β-unsaturated/α-hetero) is 1. The molecule has 2 rings (SSSR count). The van der Waals surface area contributed by atoms with Gasteiger partial charge in [0.2, 0.25) is 0 Å². The van der Waals surface area contributed by atoms with E-state index in [4.69, 9.17) is 4.74 Å². The van der Waals surface area contributed by atoms with Gasteiger partial charge in [-0.2, -0.15) is 5.10 Å². The van der Waals surface area contributed by atoms with Crippen LogP contribution in [0.5, 0.6) is 0 Å². The van der Waals surface area contributed by atoms with Crippen LogP contribution >= 0.6 is 0 Å². The number of ether oxygens (including phenoxy) is 1. The van der Waals surface area contributed by atoms with Gasteiger partial charge < -0.3 is 4.74 Å². The maximum absolute atomic E-state index is 12.1. The van der Waals surface area contributed by atoms with Gasteiger partial charge in [0.15, 0.2) is 0 Å². The highest BCUT2D eigenvalue weighted by atomic mass is 16.5. The minimum Gasteiger partial charge on any atom is -0.378 e. The topological polar surface area (TPSA) is 57.0 Å². The maximum atomic E-state index is 12.1. The van der Waals surface area contributed by atoms with Crippen LogP contribution in [0, 0.1) is 11.8 Å². The van der Waals surface area contributed by atoms with Crippen LogP contribution in [-0.4, -0.2) is 33.3 Å². The van der Waals surface area contributed by atoms with Gasteiger partial charge in [0.25, 0.3) is 0 Å². The molecule has 0 spiro atoms. The molecule has 100 valence electrons. The van der Waals surface area contributed by atoms with E-state index < -0.39 is 0 Å². The summed E-state index contributed by atoms with van der Waals surface area (Å²) >= 11 is 0. The highest BCUT2D eigenvalue weighted by molar-refractivity contribution is 5.83. The third-order valence-corrected chi connectivity index (χ3v) is 3.22. The van der Waals surface area contributed by atoms with E-state index in [1.54, 1.807) is 0 Å². The predicted molar refractivity (Wildman–Crippen MR) is 67.1 cm³/mol. The van der Waals surface area contributed by atoms with Crippen molar-refractivity contribution in [2.45, 2.75) is 46.3 Å². The zero-order valence-electron chi connectivity index (χ0n) is 11.3. The van der Waals surface area contributed by atoms with Crippen molar-refractivity contribution in [2.75, 3.05) is 6.61 Å². The number of hydrogen-bond donors (Lipinski definition) is 0. The normalized spacial score (nSPS) is 23.8. The van der Waals surface area contributed by atoms with E-state index >= 15 is 0 Å². The zero-order chi connectivity index (χ0) is 13.1. The molecule has 0 N–H and O–H groups in total. The summed E-state index contributed by atoms with van der Waals surface area (Å²) in [4.78, 5) is 16.3. The fourth-order valence-electron chi connectivity index (χ4n) is 2.27. The SMILES string of the molecule is CC(C)Cn1ncnc1CC(=O)C1COC(C)C1. The molecule has 1 saturated heterocycles. The van der Waals surface area contributed by atoms with Crippen molar-refractivity contribution in [3.8, 4) is 0 Å². The Balaban J connectivity index is 1.96. The van der Waals surface area contributed by atoms with E-state index in [9.17, 15) is 4.79 Å². The van der Waals surface area contributed by atoms with Gasteiger partial charge in [-0.25, -0.2) is 9.67 Å². The average Bonchev–Trinajstić information content (AvgIpc) is 2.88. The van der Waals surface area contributed by atoms with Gasteiger partial charge in [-0.05, 0) is 19.3 Å². The largest absolute Gasteiger partial charge is 0.378 e. The molecule has 5 heteroatoms. The van der Waals surface area contributed by atoms with Crippen LogP contribution in [0.15, 0.2) is 6.33 Å². The molecule has 0 bridgehead atoms. The van der Waals surface area contributed by atoms with Gasteiger partial charge in [0.05, 0.1) is 19.1 Å². The van der Waals surface area contributed by atoms with Gasteiger partial charge in [-0.3, -0.25) is 4.79 Å². The Kier molecular flexibility index (Phi) is 4.11. The number of carbonyl (C=O) groups excluding carboxylic acids is 1. The van der Waals surface area contributed by atoms with Gasteiger partial charge in [0.1, 0.15) is 17.9 Å². The van der Waals surface area contributed by atoms with Crippen molar-refractivity contribution in [1.82, 2.24) is 14.8 Å². The first kappa shape index (κ1) is 13.2. The van der Waals surface area contributed by atoms with Gasteiger partial charge >= 0.3 is 0 Å². The molecular formula is C13H21N3O2. The van der Waals surface area contributed by atoms with Gasteiger partial charge in [-0.15, -0.1) is 0 Å². The van der Waals surface area contributed by atoms with Crippen molar-refractivity contribution < 1.29 is 9.53 Å². The summed E-state index contributed by atoms with van der Waals surface area (Å²) in [5.74, 6) is 1.52. The fourth-order valence-corrected chi connectivity index (χ4v) is 2.27. The lowest BCUT2D eigenvalue weighted by molar-refractivity contribution is -0.122. The lowest BCUT2D eigenvalue weighted by atomic mass is 9.98. The van der Waals surface area contributed by atoms with E-state index in [-0.39, 0.29) is 17.8 Å². The number of hydrogen-bond acceptors (Lipinski definition) is 4. The minimum absolute atomic E-state index is 0.0317. The first-order valence-electron chi connectivity index (χ1n) is 6.57. The van der Waals surface area contributed by atoms with Crippen molar-refractivity contribution in [3.05, 3.63) is 12.2 Å². The van der Waals surface area contributed by atoms with Gasteiger partial charge in [0, 0.05) is 12.5 Å². The molecule has 0 radical (unpaired) electrons. The number of rotatable bonds is 5. The quantitative estimate of drug-likeness (QED) is 0.795. The molecule has 18 heavy (non-hydrogen) atoms. The van der Waals surface area contributed by atoms with Crippen LogP contribution < -0.4 is 0 Å². The molecule has 2 unspecified atom stereocenters. The highest BCUT2D eigenvalue weighted by Gasteiger charge is 2.28. The summed E-state index contributed by atoms with van der Waals surface area (Å²) in [5, 5.41) is 4.17. The smallest absolute Gasteiger partial charge is 0.145 e. The Morgan fingerprint density at radius 3 is 3.00 bits per heavy atom. The maximum Gasteiger partial charge on any atom is 0.145 e. The molecule has 1 fully saturated rings. The first-order chi connectivity index (χ1) is 8.56. The van der Waals surface area contributed by atoms with Crippen molar-refractivity contribution in [2.24, 2.45) is 11.8 Å². The molecule has 0 saturated carbocycles. The summed E-state index contributed by atoms with van der Waals surface area (Å²) < 4.78 is 7.27. The summed E-state index contributed by atoms with van der Waals surface area (Å²) in [6, 6.07) is 0. The Labute approximate surface area is 108 Å². The zero-order valence-corrected chi connectivity index (χ0v) is 11.3. The Hall–Kier alpha value is -1.23. The Morgan fingerprint density at radius 1 is 1.61 bits per heavy atom. The summed E-state index contributed by atoms with van der Waals surface area (Å²) in [6.07, 6.45) is 2.93. The minimum atomic E-state index is 0.0317. The van der Waals surface area contributed by atoms with Crippen LogP contribution in [0.2, 0.25) is 0 Å². The van der Waals surface area contributed by atoms with E-state index in [2.05, 4.69) is 23.9 Å². The van der Waals surface area contributed by atoms with Crippen molar-refractivity contribution in [3.63, 3.8) is 0 Å². The molecule has 5 nitrogen and oxygen atoms in total. The predicted octanol–water partition coefficient (Wildman–Crippen LogP) is 1.47. The van der Waals surface area contributed by atoms with Crippen molar-refractivity contribution in [1.29, 1.82) is 0 Å². The summed E-state index contributed by atoms with van der Waals surface area (Å²) in [6.45, 7) is 7.62. The second-order valence-electron chi connectivity index (χ2n) is 5.47. The molecule has 0 aromatic carbocycles. The molecule has 1 aromatic rings. The van der Waals surface area contributed by atoms with Crippen LogP contribution in [0.25, 0.3) is 0 Å². The fraction of sp³-hybridized carbons (Fsp3) is 0.769. The Bertz CT molecular complexity index is 414. The van der Waals surface area contributed by atoms with Crippen LogP contribution in [0.1, 0.15) is 33.0 Å². The average molecular weight is 251 g/mol. The van der Waals surface area contributed by atoms with Crippen molar-refractivity contribution >= 4 is 5.78 Å². The number of nitrogens with zero attached hydrogens (tertiary/aromatic N) is 3. The lowest BCUT2D eigenvalue weighted by Gasteiger charge is -2.09. The lowest BCUT2D eigenvalue weighted by Crippen LogP contribution is -2.20. The second kappa shape index (κ2) is 5.61.